The topological polar surface area (TPSA) is 103 Å². The number of benzene rings is 2. The number of nitro benzene ring substituents is 1. The van der Waals surface area contributed by atoms with Gasteiger partial charge in [0.15, 0.2) is 9.84 Å². The van der Waals surface area contributed by atoms with Crippen molar-refractivity contribution in [3.8, 4) is 0 Å². The molecule has 2 N–H and O–H groups in total. The predicted octanol–water partition coefficient (Wildman–Crippen LogP) is 2.80. The average molecular weight is 327 g/mol. The molecule has 0 aromatic heterocycles. The van der Waals surface area contributed by atoms with Gasteiger partial charge in [-0.1, -0.05) is 29.8 Å². The van der Waals surface area contributed by atoms with Crippen molar-refractivity contribution in [2.75, 3.05) is 5.73 Å². The van der Waals surface area contributed by atoms with Gasteiger partial charge in [-0.25, -0.2) is 8.42 Å². The Morgan fingerprint density at radius 2 is 1.86 bits per heavy atom. The molecule has 0 atom stereocenters. The zero-order chi connectivity index (χ0) is 15.6. The van der Waals surface area contributed by atoms with Crippen LogP contribution in [0.3, 0.4) is 0 Å². The van der Waals surface area contributed by atoms with Crippen LogP contribution in [-0.4, -0.2) is 13.3 Å². The van der Waals surface area contributed by atoms with Gasteiger partial charge in [-0.3, -0.25) is 10.1 Å². The van der Waals surface area contributed by atoms with E-state index in [2.05, 4.69) is 0 Å². The monoisotopic (exact) mass is 326 g/mol. The van der Waals surface area contributed by atoms with E-state index >= 15 is 0 Å². The molecule has 8 heteroatoms. The van der Waals surface area contributed by atoms with E-state index in [4.69, 9.17) is 17.3 Å². The molecule has 0 spiro atoms. The van der Waals surface area contributed by atoms with Crippen LogP contribution in [0.2, 0.25) is 5.02 Å². The Hall–Kier alpha value is -2.12. The van der Waals surface area contributed by atoms with Gasteiger partial charge >= 0.3 is 0 Å². The fraction of sp³-hybridized carbons (Fsp3) is 0.0769. The maximum Gasteiger partial charge on any atom is 0.273 e. The Bertz CT molecular complexity index is 806. The highest BCUT2D eigenvalue weighted by Gasteiger charge is 2.22. The van der Waals surface area contributed by atoms with Crippen molar-refractivity contribution in [2.24, 2.45) is 0 Å². The van der Waals surface area contributed by atoms with Crippen LogP contribution in [0, 0.1) is 10.1 Å². The van der Waals surface area contributed by atoms with Crippen LogP contribution >= 0.6 is 11.6 Å². The van der Waals surface area contributed by atoms with Gasteiger partial charge in [0.05, 0.1) is 26.3 Å². The van der Waals surface area contributed by atoms with Crippen LogP contribution in [-0.2, 0) is 15.6 Å². The molecule has 0 amide bonds. The summed E-state index contributed by atoms with van der Waals surface area (Å²) >= 11 is 5.81. The van der Waals surface area contributed by atoms with Crippen molar-refractivity contribution in [2.45, 2.75) is 10.6 Å². The lowest BCUT2D eigenvalue weighted by atomic mass is 10.2. The number of halogens is 1. The largest absolute Gasteiger partial charge is 0.398 e. The maximum atomic E-state index is 12.3. The predicted molar refractivity (Wildman–Crippen MR) is 79.9 cm³/mol. The van der Waals surface area contributed by atoms with Gasteiger partial charge < -0.3 is 5.73 Å². The van der Waals surface area contributed by atoms with Gasteiger partial charge in [-0.15, -0.1) is 0 Å². The minimum Gasteiger partial charge on any atom is -0.398 e. The van der Waals surface area contributed by atoms with Gasteiger partial charge in [0.1, 0.15) is 0 Å². The molecule has 2 rings (SSSR count). The molecule has 6 nitrogen and oxygen atoms in total. The van der Waals surface area contributed by atoms with Crippen LogP contribution < -0.4 is 5.73 Å². The first-order valence-electron chi connectivity index (χ1n) is 5.81. The smallest absolute Gasteiger partial charge is 0.273 e. The SMILES string of the molecule is Nc1ccc(S(=O)(=O)Cc2ccccc2[N+](=O)[O-])cc1Cl. The van der Waals surface area contributed by atoms with Gasteiger partial charge in [0, 0.05) is 11.6 Å². The zero-order valence-corrected chi connectivity index (χ0v) is 12.3. The number of hydrogen-bond donors (Lipinski definition) is 1. The first-order valence-corrected chi connectivity index (χ1v) is 7.84. The Morgan fingerprint density at radius 1 is 1.19 bits per heavy atom. The molecule has 0 fully saturated rings. The van der Waals surface area contributed by atoms with Crippen molar-refractivity contribution in [1.82, 2.24) is 0 Å². The second-order valence-corrected chi connectivity index (χ2v) is 6.73. The van der Waals surface area contributed by atoms with E-state index in [0.29, 0.717) is 0 Å². The summed E-state index contributed by atoms with van der Waals surface area (Å²) in [6.45, 7) is 0. The van der Waals surface area contributed by atoms with Gasteiger partial charge in [0.25, 0.3) is 5.69 Å². The highest BCUT2D eigenvalue weighted by atomic mass is 35.5. The summed E-state index contributed by atoms with van der Waals surface area (Å²) in [7, 11) is -3.75. The fourth-order valence-electron chi connectivity index (χ4n) is 1.80. The van der Waals surface area contributed by atoms with Crippen LogP contribution in [0.5, 0.6) is 0 Å². The van der Waals surface area contributed by atoms with Crippen molar-refractivity contribution in [1.29, 1.82) is 0 Å². The molecule has 0 aliphatic carbocycles. The number of rotatable bonds is 4. The Labute approximate surface area is 126 Å². The zero-order valence-electron chi connectivity index (χ0n) is 10.7. The molecule has 0 radical (unpaired) electrons. The number of nitrogens with two attached hydrogens (primary N) is 1. The van der Waals surface area contributed by atoms with Crippen molar-refractivity contribution < 1.29 is 13.3 Å². The molecule has 0 bridgehead atoms. The molecule has 0 aliphatic rings. The number of sulfone groups is 1. The molecule has 0 aliphatic heterocycles. The number of nitrogens with zero attached hydrogens (tertiary/aromatic N) is 1. The normalized spacial score (nSPS) is 11.3. The van der Waals surface area contributed by atoms with E-state index in [1.165, 1.54) is 36.4 Å². The van der Waals surface area contributed by atoms with Gasteiger partial charge in [0.2, 0.25) is 0 Å². The summed E-state index contributed by atoms with van der Waals surface area (Å²) in [5, 5.41) is 11.0. The number of hydrogen-bond acceptors (Lipinski definition) is 5. The Morgan fingerprint density at radius 3 is 2.48 bits per heavy atom. The highest BCUT2D eigenvalue weighted by Crippen LogP contribution is 2.27. The van der Waals surface area contributed by atoms with Crippen LogP contribution in [0.25, 0.3) is 0 Å². The summed E-state index contributed by atoms with van der Waals surface area (Å²) in [4.78, 5) is 10.3. The Kier molecular flexibility index (Phi) is 4.15. The molecular weight excluding hydrogens is 316 g/mol. The lowest BCUT2D eigenvalue weighted by Crippen LogP contribution is -2.07. The molecule has 110 valence electrons. The summed E-state index contributed by atoms with van der Waals surface area (Å²) in [6, 6.07) is 9.65. The van der Waals surface area contributed by atoms with E-state index in [9.17, 15) is 18.5 Å². The third-order valence-electron chi connectivity index (χ3n) is 2.86. The first kappa shape index (κ1) is 15.3. The molecule has 0 heterocycles. The van der Waals surface area contributed by atoms with E-state index in [-0.39, 0.29) is 26.9 Å². The van der Waals surface area contributed by atoms with E-state index < -0.39 is 20.5 Å². The first-order chi connectivity index (χ1) is 9.81. The van der Waals surface area contributed by atoms with Crippen LogP contribution in [0.4, 0.5) is 11.4 Å². The summed E-state index contributed by atoms with van der Waals surface area (Å²) < 4.78 is 24.6. The van der Waals surface area contributed by atoms with E-state index in [0.717, 1.165) is 0 Å². The van der Waals surface area contributed by atoms with Crippen LogP contribution in [0.15, 0.2) is 47.4 Å². The van der Waals surface area contributed by atoms with Gasteiger partial charge in [-0.05, 0) is 18.2 Å². The average Bonchev–Trinajstić information content (AvgIpc) is 2.41. The summed E-state index contributed by atoms with van der Waals surface area (Å²) in [5.74, 6) is -0.482. The molecule has 0 saturated heterocycles. The molecule has 2 aromatic carbocycles. The summed E-state index contributed by atoms with van der Waals surface area (Å²) in [6.07, 6.45) is 0. The van der Waals surface area contributed by atoms with Crippen molar-refractivity contribution in [3.05, 3.63) is 63.2 Å². The fourth-order valence-corrected chi connectivity index (χ4v) is 3.44. The van der Waals surface area contributed by atoms with Crippen LogP contribution in [0.1, 0.15) is 5.56 Å². The standard InChI is InChI=1S/C13H11ClN2O4S/c14-11-7-10(5-6-12(11)15)21(19,20)8-9-3-1-2-4-13(9)16(17)18/h1-7H,8,15H2. The third-order valence-corrected chi connectivity index (χ3v) is 4.86. The van der Waals surface area contributed by atoms with Crippen molar-refractivity contribution in [3.63, 3.8) is 0 Å². The second kappa shape index (κ2) is 5.71. The highest BCUT2D eigenvalue weighted by molar-refractivity contribution is 7.90. The van der Waals surface area contributed by atoms with Gasteiger partial charge in [-0.2, -0.15) is 0 Å². The minimum atomic E-state index is -3.75. The Balaban J connectivity index is 2.42. The quantitative estimate of drug-likeness (QED) is 0.528. The molecular formula is C13H11ClN2O4S. The van der Waals surface area contributed by atoms with E-state index in [1.807, 2.05) is 0 Å². The minimum absolute atomic E-state index is 0.0279. The van der Waals surface area contributed by atoms with E-state index in [1.54, 1.807) is 6.07 Å². The molecule has 0 saturated carbocycles. The third kappa shape index (κ3) is 3.32. The molecule has 21 heavy (non-hydrogen) atoms. The molecule has 2 aromatic rings. The number of nitro groups is 1. The number of nitrogen functional groups attached to an aromatic ring is 1. The number of anilines is 1. The maximum absolute atomic E-state index is 12.3. The lowest BCUT2D eigenvalue weighted by Gasteiger charge is -2.07. The van der Waals surface area contributed by atoms with Crippen molar-refractivity contribution >= 4 is 32.8 Å². The molecule has 0 unspecified atom stereocenters. The lowest BCUT2D eigenvalue weighted by molar-refractivity contribution is -0.385. The number of para-hydroxylation sites is 1. The second-order valence-electron chi connectivity index (χ2n) is 4.33. The summed E-state index contributed by atoms with van der Waals surface area (Å²) in [5.41, 5.74) is 5.68.